The molecule has 0 saturated carbocycles. The Morgan fingerprint density at radius 3 is 2.05 bits per heavy atom. The summed E-state index contributed by atoms with van der Waals surface area (Å²) >= 11 is -0.826. The number of fused-ring (bicyclic) bond motifs is 2. The maximum absolute atomic E-state index is 4.93. The van der Waals surface area contributed by atoms with Crippen molar-refractivity contribution in [1.82, 2.24) is 0 Å². The van der Waals surface area contributed by atoms with Gasteiger partial charge in [0.15, 0.2) is 0 Å². The first kappa shape index (κ1) is 32.8. The third-order valence-electron chi connectivity index (χ3n) is 6.26. The van der Waals surface area contributed by atoms with E-state index < -0.39 is 20.8 Å². The van der Waals surface area contributed by atoms with Crippen LogP contribution in [-0.2, 0) is 33.7 Å². The van der Waals surface area contributed by atoms with Gasteiger partial charge in [-0.15, -0.1) is 64.2 Å². The van der Waals surface area contributed by atoms with E-state index in [4.69, 9.17) is 17.0 Å². The van der Waals surface area contributed by atoms with Crippen molar-refractivity contribution in [3.8, 4) is 11.1 Å². The number of benzene rings is 3. The van der Waals surface area contributed by atoms with Crippen LogP contribution in [0.5, 0.6) is 0 Å². The van der Waals surface area contributed by atoms with E-state index in [-0.39, 0.29) is 0 Å². The summed E-state index contributed by atoms with van der Waals surface area (Å²) in [4.78, 5) is 0. The quantitative estimate of drug-likeness (QED) is 0.123. The average Bonchev–Trinajstić information content (AvgIpc) is 3.59. The SMILES string of the molecule is CCCCc1ccc(-c2cccc3[cH-]c(CCCC)cc23)cc1.C[Si]C.[Cl][Zr+2][Cl].c1ccc2[cH-]ccc2c1. The van der Waals surface area contributed by atoms with Crippen LogP contribution < -0.4 is 0 Å². The van der Waals surface area contributed by atoms with Gasteiger partial charge in [0.2, 0.25) is 0 Å². The first-order valence-electron chi connectivity index (χ1n) is 13.5. The van der Waals surface area contributed by atoms with Crippen molar-refractivity contribution in [2.24, 2.45) is 0 Å². The molecule has 0 heterocycles. The molecule has 0 aliphatic heterocycles. The van der Waals surface area contributed by atoms with E-state index in [0.717, 1.165) is 9.52 Å². The van der Waals surface area contributed by atoms with Gasteiger partial charge in [0.25, 0.3) is 0 Å². The van der Waals surface area contributed by atoms with Crippen molar-refractivity contribution >= 4 is 48.1 Å². The molecule has 0 saturated heterocycles. The van der Waals surface area contributed by atoms with Gasteiger partial charge in [0.05, 0.1) is 0 Å². The zero-order chi connectivity index (χ0) is 27.6. The second-order valence-corrected chi connectivity index (χ2v) is 14.0. The Morgan fingerprint density at radius 1 is 0.763 bits per heavy atom. The first-order valence-corrected chi connectivity index (χ1v) is 21.9. The molecule has 0 atom stereocenters. The monoisotopic (exact) mass is 636 g/mol. The fourth-order valence-corrected chi connectivity index (χ4v) is 4.38. The Balaban J connectivity index is 0.000000276. The van der Waals surface area contributed by atoms with Gasteiger partial charge in [0.1, 0.15) is 0 Å². The molecule has 0 fully saturated rings. The van der Waals surface area contributed by atoms with Crippen LogP contribution in [0.2, 0.25) is 13.1 Å². The van der Waals surface area contributed by atoms with E-state index in [1.165, 1.54) is 82.3 Å². The summed E-state index contributed by atoms with van der Waals surface area (Å²) in [5.74, 6) is 0. The molecule has 0 spiro atoms. The van der Waals surface area contributed by atoms with Gasteiger partial charge in [-0.2, -0.15) is 23.6 Å². The predicted molar refractivity (Wildman–Crippen MR) is 171 cm³/mol. The molecule has 5 rings (SSSR count). The van der Waals surface area contributed by atoms with E-state index in [1.54, 1.807) is 0 Å². The van der Waals surface area contributed by atoms with Gasteiger partial charge in [-0.05, 0) is 30.4 Å². The van der Waals surface area contributed by atoms with Gasteiger partial charge in [-0.3, -0.25) is 0 Å². The topological polar surface area (TPSA) is 0 Å². The number of hydrogen-bond acceptors (Lipinski definition) is 0. The van der Waals surface area contributed by atoms with E-state index in [0.29, 0.717) is 0 Å². The Bertz CT molecular complexity index is 1250. The molecular weight excluding hydrogens is 599 g/mol. The maximum Gasteiger partial charge on any atom is -0.0809 e. The molecule has 0 aromatic heterocycles. The minimum Gasteiger partial charge on any atom is -0.168 e. The minimum absolute atomic E-state index is 0.826. The maximum atomic E-state index is 4.93. The minimum atomic E-state index is -0.826. The van der Waals surface area contributed by atoms with Crippen LogP contribution in [0.25, 0.3) is 32.7 Å². The van der Waals surface area contributed by atoms with Crippen LogP contribution in [0.1, 0.15) is 50.7 Å². The normalized spacial score (nSPS) is 9.95. The summed E-state index contributed by atoms with van der Waals surface area (Å²) in [5.41, 5.74) is 5.64. The predicted octanol–water partition coefficient (Wildman–Crippen LogP) is 11.6. The zero-order valence-electron chi connectivity index (χ0n) is 23.2. The summed E-state index contributed by atoms with van der Waals surface area (Å²) in [6.07, 6.45) is 7.46. The summed E-state index contributed by atoms with van der Waals surface area (Å²) in [6.45, 7) is 8.81. The van der Waals surface area contributed by atoms with Crippen LogP contribution >= 0.6 is 17.0 Å². The number of halogens is 2. The molecule has 5 aromatic rings. The summed E-state index contributed by atoms with van der Waals surface area (Å²) in [5, 5.41) is 5.44. The molecule has 0 aliphatic rings. The van der Waals surface area contributed by atoms with Crippen molar-refractivity contribution in [3.63, 3.8) is 0 Å². The van der Waals surface area contributed by atoms with E-state index in [1.807, 2.05) is 0 Å². The zero-order valence-corrected chi connectivity index (χ0v) is 28.2. The van der Waals surface area contributed by atoms with Gasteiger partial charge >= 0.3 is 37.9 Å². The molecule has 0 bridgehead atoms. The smallest absolute Gasteiger partial charge is 0.0809 e. The fourth-order valence-electron chi connectivity index (χ4n) is 4.38. The van der Waals surface area contributed by atoms with Crippen LogP contribution in [0, 0.1) is 0 Å². The number of hydrogen-bond donors (Lipinski definition) is 0. The standard InChI is InChI=1S/C23H27.C9H7.C2H6Si.2ClH.Zr/c1-3-5-8-18-12-14-20(15-13-18)22-11-7-10-21-16-19(9-6-4-2)17-23(21)22;1-2-5-9-7-3-6-8(9)4-1;1-3-2;;;/h7,10-17H,3-6,8-9H2,1-2H3;1-7H;1-2H3;2*1H;/q2*-1;;;;+4/p-2. The van der Waals surface area contributed by atoms with Crippen molar-refractivity contribution in [2.75, 3.05) is 0 Å². The number of rotatable bonds is 7. The molecule has 4 heteroatoms. The van der Waals surface area contributed by atoms with Gasteiger partial charge in [-0.25, -0.2) is 0 Å². The third-order valence-corrected chi connectivity index (χ3v) is 6.26. The van der Waals surface area contributed by atoms with E-state index in [2.05, 4.69) is 124 Å². The van der Waals surface area contributed by atoms with E-state index >= 15 is 0 Å². The molecule has 0 aliphatic carbocycles. The van der Waals surface area contributed by atoms with E-state index in [9.17, 15) is 0 Å². The molecule has 5 aromatic carbocycles. The molecule has 198 valence electrons. The Kier molecular flexibility index (Phi) is 16.9. The Morgan fingerprint density at radius 2 is 1.39 bits per heavy atom. The Hall–Kier alpha value is -1.44. The molecular formula is C34H40Cl2SiZr. The summed E-state index contributed by atoms with van der Waals surface area (Å²) in [6, 6.07) is 35.3. The van der Waals surface area contributed by atoms with Crippen molar-refractivity contribution in [3.05, 3.63) is 108 Å². The third kappa shape index (κ3) is 11.0. The molecule has 0 unspecified atom stereocenters. The second-order valence-electron chi connectivity index (χ2n) is 9.30. The first-order chi connectivity index (χ1) is 18.6. The summed E-state index contributed by atoms with van der Waals surface area (Å²) in [7, 11) is 11.0. The summed E-state index contributed by atoms with van der Waals surface area (Å²) < 4.78 is 0. The largest absolute Gasteiger partial charge is 0.168 e. The van der Waals surface area contributed by atoms with Crippen molar-refractivity contribution < 1.29 is 20.8 Å². The molecule has 0 nitrogen and oxygen atoms in total. The van der Waals surface area contributed by atoms with Gasteiger partial charge in [0, 0.05) is 9.52 Å². The second kappa shape index (κ2) is 19.6. The molecule has 38 heavy (non-hydrogen) atoms. The van der Waals surface area contributed by atoms with Crippen LogP contribution in [0.4, 0.5) is 0 Å². The van der Waals surface area contributed by atoms with Gasteiger partial charge < -0.3 is 0 Å². The number of unbranched alkanes of at least 4 members (excludes halogenated alkanes) is 2. The van der Waals surface area contributed by atoms with Crippen LogP contribution in [-0.4, -0.2) is 9.52 Å². The van der Waals surface area contributed by atoms with Crippen LogP contribution in [0.3, 0.4) is 0 Å². The fraction of sp³-hybridized carbons (Fsp3) is 0.294. The van der Waals surface area contributed by atoms with Crippen molar-refractivity contribution in [2.45, 2.75) is 65.5 Å². The molecule has 0 N–H and O–H groups in total. The Labute approximate surface area is 252 Å². The van der Waals surface area contributed by atoms with Gasteiger partial charge in [-0.1, -0.05) is 88.2 Å². The van der Waals surface area contributed by atoms with Crippen LogP contribution in [0.15, 0.2) is 97.1 Å². The number of aryl methyl sites for hydroxylation is 2. The van der Waals surface area contributed by atoms with Crippen molar-refractivity contribution in [1.29, 1.82) is 0 Å². The molecule has 2 radical (unpaired) electrons. The average molecular weight is 639 g/mol. The molecule has 0 amide bonds.